The van der Waals surface area contributed by atoms with E-state index in [1.165, 1.54) is 6.08 Å². The van der Waals surface area contributed by atoms with Crippen LogP contribution in [0.4, 0.5) is 10.5 Å². The normalized spacial score (nSPS) is 17.7. The predicted octanol–water partition coefficient (Wildman–Crippen LogP) is 0.965. The van der Waals surface area contributed by atoms with Crippen LogP contribution in [-0.4, -0.2) is 77.7 Å². The summed E-state index contributed by atoms with van der Waals surface area (Å²) in [6.07, 6.45) is 1.35. The highest BCUT2D eigenvalue weighted by Gasteiger charge is 2.45. The first-order valence-corrected chi connectivity index (χ1v) is 8.87. The number of urea groups is 1. The number of hydrogen-bond donors (Lipinski definition) is 0. The second-order valence-electron chi connectivity index (χ2n) is 6.20. The molecule has 0 aromatic heterocycles. The average Bonchev–Trinajstić information content (AvgIpc) is 2.87. The van der Waals surface area contributed by atoms with Gasteiger partial charge < -0.3 is 9.80 Å². The summed E-state index contributed by atoms with van der Waals surface area (Å²) in [6.45, 7) is 4.98. The van der Waals surface area contributed by atoms with Crippen molar-refractivity contribution < 1.29 is 19.2 Å². The number of carbonyl (C=O) groups excluding carboxylic acids is 4. The summed E-state index contributed by atoms with van der Waals surface area (Å²) in [4.78, 5) is 53.6. The zero-order chi connectivity index (χ0) is 19.6. The molecule has 2 fully saturated rings. The summed E-state index contributed by atoms with van der Waals surface area (Å²) in [5.41, 5.74) is 0.904. The third kappa shape index (κ3) is 3.66. The van der Waals surface area contributed by atoms with Crippen LogP contribution >= 0.6 is 11.6 Å². The van der Waals surface area contributed by atoms with E-state index >= 15 is 0 Å². The Kier molecular flexibility index (Phi) is 5.46. The van der Waals surface area contributed by atoms with Crippen LogP contribution in [0.3, 0.4) is 0 Å². The minimum atomic E-state index is -0.982. The number of piperazine rings is 1. The van der Waals surface area contributed by atoms with Gasteiger partial charge in [-0.1, -0.05) is 29.8 Å². The quantitative estimate of drug-likeness (QED) is 0.425. The lowest BCUT2D eigenvalue weighted by molar-refractivity contribution is -0.144. The monoisotopic (exact) mass is 390 g/mol. The van der Waals surface area contributed by atoms with Crippen molar-refractivity contribution in [1.82, 2.24) is 14.7 Å². The smallest absolute Gasteiger partial charge is 0.335 e. The van der Waals surface area contributed by atoms with Gasteiger partial charge >= 0.3 is 17.8 Å². The fourth-order valence-electron chi connectivity index (χ4n) is 3.12. The Labute approximate surface area is 161 Å². The number of anilines is 1. The van der Waals surface area contributed by atoms with Gasteiger partial charge in [0, 0.05) is 32.7 Å². The SMILES string of the molecule is C=CCN1C(=O)C(=O)N(CC(=O)N2CCN(c3ccccc3Cl)CC2)C1=O. The maximum Gasteiger partial charge on any atom is 0.335 e. The van der Waals surface area contributed by atoms with E-state index in [0.29, 0.717) is 36.1 Å². The van der Waals surface area contributed by atoms with Crippen molar-refractivity contribution in [3.05, 3.63) is 41.9 Å². The number of halogens is 1. The molecule has 0 radical (unpaired) electrons. The van der Waals surface area contributed by atoms with Crippen molar-refractivity contribution in [2.75, 3.05) is 44.2 Å². The number of benzene rings is 1. The van der Waals surface area contributed by atoms with Gasteiger partial charge in [-0.05, 0) is 12.1 Å². The molecule has 5 amide bonds. The number of hydrogen-bond acceptors (Lipinski definition) is 5. The first-order valence-electron chi connectivity index (χ1n) is 8.49. The lowest BCUT2D eigenvalue weighted by atomic mass is 10.2. The minimum Gasteiger partial charge on any atom is -0.367 e. The second-order valence-corrected chi connectivity index (χ2v) is 6.60. The van der Waals surface area contributed by atoms with E-state index in [-0.39, 0.29) is 12.5 Å². The van der Waals surface area contributed by atoms with E-state index in [4.69, 9.17) is 11.6 Å². The Bertz CT molecular complexity index is 804. The number of amides is 5. The first kappa shape index (κ1) is 18.9. The molecule has 1 aromatic carbocycles. The maximum atomic E-state index is 12.5. The van der Waals surface area contributed by atoms with E-state index < -0.39 is 24.4 Å². The Balaban J connectivity index is 1.59. The van der Waals surface area contributed by atoms with Gasteiger partial charge in [-0.2, -0.15) is 0 Å². The summed E-state index contributed by atoms with van der Waals surface area (Å²) < 4.78 is 0. The Morgan fingerprint density at radius 1 is 1.04 bits per heavy atom. The predicted molar refractivity (Wildman–Crippen MR) is 99.3 cm³/mol. The molecule has 9 heteroatoms. The molecule has 2 saturated heterocycles. The molecule has 0 N–H and O–H groups in total. The Morgan fingerprint density at radius 2 is 1.67 bits per heavy atom. The number of nitrogens with zero attached hydrogens (tertiary/aromatic N) is 4. The zero-order valence-corrected chi connectivity index (χ0v) is 15.4. The van der Waals surface area contributed by atoms with Crippen LogP contribution in [0.15, 0.2) is 36.9 Å². The Hall–Kier alpha value is -2.87. The molecule has 3 rings (SSSR count). The minimum absolute atomic E-state index is 0.0649. The number of imide groups is 2. The van der Waals surface area contributed by atoms with Gasteiger partial charge in [-0.25, -0.2) is 9.69 Å². The van der Waals surface area contributed by atoms with E-state index in [0.717, 1.165) is 10.6 Å². The van der Waals surface area contributed by atoms with Crippen molar-refractivity contribution in [3.63, 3.8) is 0 Å². The number of carbonyl (C=O) groups is 4. The second kappa shape index (κ2) is 7.79. The molecular weight excluding hydrogens is 372 g/mol. The zero-order valence-electron chi connectivity index (χ0n) is 14.6. The third-order valence-corrected chi connectivity index (χ3v) is 4.89. The van der Waals surface area contributed by atoms with Gasteiger partial charge in [0.1, 0.15) is 6.54 Å². The molecule has 27 heavy (non-hydrogen) atoms. The fourth-order valence-corrected chi connectivity index (χ4v) is 3.38. The van der Waals surface area contributed by atoms with Gasteiger partial charge in [0.2, 0.25) is 5.91 Å². The Morgan fingerprint density at radius 3 is 2.30 bits per heavy atom. The highest BCUT2D eigenvalue weighted by molar-refractivity contribution is 6.45. The topological polar surface area (TPSA) is 81.2 Å². The summed E-state index contributed by atoms with van der Waals surface area (Å²) in [7, 11) is 0. The van der Waals surface area contributed by atoms with E-state index in [9.17, 15) is 19.2 Å². The molecule has 0 saturated carbocycles. The van der Waals surface area contributed by atoms with E-state index in [1.807, 2.05) is 24.3 Å². The molecule has 8 nitrogen and oxygen atoms in total. The maximum absolute atomic E-state index is 12.5. The molecule has 0 atom stereocenters. The van der Waals surface area contributed by atoms with Crippen molar-refractivity contribution in [3.8, 4) is 0 Å². The lowest BCUT2D eigenvalue weighted by Gasteiger charge is -2.36. The van der Waals surface area contributed by atoms with Crippen LogP contribution in [0.2, 0.25) is 5.02 Å². The summed E-state index contributed by atoms with van der Waals surface area (Å²) in [5.74, 6) is -2.29. The van der Waals surface area contributed by atoms with Crippen LogP contribution in [-0.2, 0) is 14.4 Å². The van der Waals surface area contributed by atoms with Crippen molar-refractivity contribution in [1.29, 1.82) is 0 Å². The van der Waals surface area contributed by atoms with Gasteiger partial charge in [-0.3, -0.25) is 19.3 Å². The fraction of sp³-hybridized carbons (Fsp3) is 0.333. The van der Waals surface area contributed by atoms with Gasteiger partial charge in [0.25, 0.3) is 0 Å². The van der Waals surface area contributed by atoms with Crippen LogP contribution < -0.4 is 4.90 Å². The number of rotatable bonds is 5. The van der Waals surface area contributed by atoms with Gasteiger partial charge in [0.15, 0.2) is 0 Å². The highest BCUT2D eigenvalue weighted by Crippen LogP contribution is 2.26. The largest absolute Gasteiger partial charge is 0.367 e. The van der Waals surface area contributed by atoms with E-state index in [1.54, 1.807) is 4.90 Å². The van der Waals surface area contributed by atoms with Gasteiger partial charge in [0.05, 0.1) is 10.7 Å². The summed E-state index contributed by atoms with van der Waals surface area (Å²) in [6, 6.07) is 6.70. The number of para-hydroxylation sites is 1. The molecule has 2 aliphatic rings. The molecule has 2 heterocycles. The molecule has 1 aromatic rings. The third-order valence-electron chi connectivity index (χ3n) is 4.57. The van der Waals surface area contributed by atoms with E-state index in [2.05, 4.69) is 11.5 Å². The molecule has 0 spiro atoms. The van der Waals surface area contributed by atoms with Crippen LogP contribution in [0.5, 0.6) is 0 Å². The van der Waals surface area contributed by atoms with Gasteiger partial charge in [-0.15, -0.1) is 6.58 Å². The average molecular weight is 391 g/mol. The van der Waals surface area contributed by atoms with Crippen LogP contribution in [0, 0.1) is 0 Å². The first-order chi connectivity index (χ1) is 12.9. The van der Waals surface area contributed by atoms with Crippen molar-refractivity contribution >= 4 is 41.0 Å². The van der Waals surface area contributed by atoms with Crippen LogP contribution in [0.1, 0.15) is 0 Å². The summed E-state index contributed by atoms with van der Waals surface area (Å²) >= 11 is 6.21. The van der Waals surface area contributed by atoms with Crippen molar-refractivity contribution in [2.24, 2.45) is 0 Å². The lowest BCUT2D eigenvalue weighted by Crippen LogP contribution is -2.52. The molecule has 2 aliphatic heterocycles. The molecule has 0 unspecified atom stereocenters. The highest BCUT2D eigenvalue weighted by atomic mass is 35.5. The van der Waals surface area contributed by atoms with Crippen LogP contribution in [0.25, 0.3) is 0 Å². The molecule has 0 aliphatic carbocycles. The standard InChI is InChI=1S/C18H19ClN4O4/c1-2-7-22-16(25)17(26)23(18(22)27)12-15(24)21-10-8-20(9-11-21)14-6-4-3-5-13(14)19/h2-6H,1,7-12H2. The van der Waals surface area contributed by atoms with Crippen molar-refractivity contribution in [2.45, 2.75) is 0 Å². The summed E-state index contributed by atoms with van der Waals surface area (Å²) in [5, 5.41) is 0.645. The molecular formula is C18H19ClN4O4. The molecule has 142 valence electrons. The molecule has 0 bridgehead atoms.